The lowest BCUT2D eigenvalue weighted by molar-refractivity contribution is -0.136. The molecule has 2 rings (SSSR count). The molecule has 0 amide bonds. The maximum atomic E-state index is 10.8. The summed E-state index contributed by atoms with van der Waals surface area (Å²) in [7, 11) is 1.71. The normalized spacial score (nSPS) is 13.9. The second-order valence-corrected chi connectivity index (χ2v) is 5.81. The predicted octanol–water partition coefficient (Wildman–Crippen LogP) is 2.39. The number of fused-ring (bicyclic) bond motifs is 1. The fourth-order valence-corrected chi connectivity index (χ4v) is 2.96. The molecule has 6 nitrogen and oxygen atoms in total. The van der Waals surface area contributed by atoms with E-state index >= 15 is 0 Å². The first-order chi connectivity index (χ1) is 11.1. The standard InChI is InChI=1S/C17H20N4O2/c1-21(9-8-16(22)23)17-14(11-19)13(10-18)12-6-4-2-3-5-7-15(12)20-17/h2-9H2,1H3,(H,22,23). The molecule has 0 saturated carbocycles. The molecule has 0 saturated heterocycles. The van der Waals surface area contributed by atoms with Crippen molar-refractivity contribution in [2.75, 3.05) is 18.5 Å². The van der Waals surface area contributed by atoms with Gasteiger partial charge in [0, 0.05) is 19.3 Å². The highest BCUT2D eigenvalue weighted by Crippen LogP contribution is 2.29. The smallest absolute Gasteiger partial charge is 0.305 e. The Morgan fingerprint density at radius 2 is 1.83 bits per heavy atom. The quantitative estimate of drug-likeness (QED) is 0.916. The minimum atomic E-state index is -0.901. The number of nitriles is 2. The summed E-state index contributed by atoms with van der Waals surface area (Å²) in [6, 6.07) is 4.27. The van der Waals surface area contributed by atoms with Gasteiger partial charge < -0.3 is 10.0 Å². The molecule has 0 aromatic carbocycles. The van der Waals surface area contributed by atoms with Gasteiger partial charge in [0.05, 0.1) is 12.0 Å². The van der Waals surface area contributed by atoms with Crippen LogP contribution in [-0.4, -0.2) is 29.7 Å². The third-order valence-electron chi connectivity index (χ3n) is 4.20. The molecule has 0 fully saturated rings. The number of aromatic nitrogens is 1. The van der Waals surface area contributed by atoms with Crippen molar-refractivity contribution in [1.82, 2.24) is 4.98 Å². The molecule has 1 aliphatic rings. The topological polar surface area (TPSA) is 101 Å². The van der Waals surface area contributed by atoms with E-state index in [-0.39, 0.29) is 18.5 Å². The SMILES string of the molecule is CN(CCC(=O)O)c1nc2c(c(C#N)c1C#N)CCCCCC2. The summed E-state index contributed by atoms with van der Waals surface area (Å²) < 4.78 is 0. The number of aryl methyl sites for hydroxylation is 1. The van der Waals surface area contributed by atoms with Crippen molar-refractivity contribution in [1.29, 1.82) is 10.5 Å². The van der Waals surface area contributed by atoms with Crippen LogP contribution in [-0.2, 0) is 17.6 Å². The maximum Gasteiger partial charge on any atom is 0.305 e. The largest absolute Gasteiger partial charge is 0.481 e. The van der Waals surface area contributed by atoms with Crippen LogP contribution in [0.3, 0.4) is 0 Å². The number of aliphatic carboxylic acids is 1. The summed E-state index contributed by atoms with van der Waals surface area (Å²) in [5.41, 5.74) is 2.47. The number of carbonyl (C=O) groups is 1. The molecule has 23 heavy (non-hydrogen) atoms. The molecule has 0 atom stereocenters. The zero-order chi connectivity index (χ0) is 16.8. The van der Waals surface area contributed by atoms with Crippen molar-refractivity contribution in [3.63, 3.8) is 0 Å². The molecule has 0 spiro atoms. The van der Waals surface area contributed by atoms with Crippen molar-refractivity contribution in [3.8, 4) is 12.1 Å². The molecule has 6 heteroatoms. The average Bonchev–Trinajstić information content (AvgIpc) is 2.51. The molecule has 0 radical (unpaired) electrons. The number of pyridine rings is 1. The van der Waals surface area contributed by atoms with Crippen LogP contribution in [0.2, 0.25) is 0 Å². The Hall–Kier alpha value is -2.60. The van der Waals surface area contributed by atoms with Crippen LogP contribution in [0.15, 0.2) is 0 Å². The Balaban J connectivity index is 2.50. The monoisotopic (exact) mass is 312 g/mol. The Morgan fingerprint density at radius 1 is 1.17 bits per heavy atom. The van der Waals surface area contributed by atoms with Gasteiger partial charge >= 0.3 is 5.97 Å². The Morgan fingerprint density at radius 3 is 2.43 bits per heavy atom. The van der Waals surface area contributed by atoms with E-state index in [1.54, 1.807) is 11.9 Å². The first-order valence-electron chi connectivity index (χ1n) is 7.87. The van der Waals surface area contributed by atoms with E-state index in [2.05, 4.69) is 17.1 Å². The van der Waals surface area contributed by atoms with Crippen LogP contribution in [0, 0.1) is 22.7 Å². The first-order valence-corrected chi connectivity index (χ1v) is 7.87. The third-order valence-corrected chi connectivity index (χ3v) is 4.20. The fraction of sp³-hybridized carbons (Fsp3) is 0.529. The van der Waals surface area contributed by atoms with Gasteiger partial charge in [-0.05, 0) is 31.2 Å². The van der Waals surface area contributed by atoms with Gasteiger partial charge in [0.15, 0.2) is 0 Å². The summed E-state index contributed by atoms with van der Waals surface area (Å²) in [5, 5.41) is 27.9. The number of carboxylic acids is 1. The molecule has 1 N–H and O–H groups in total. The van der Waals surface area contributed by atoms with E-state index in [1.165, 1.54) is 0 Å². The minimum absolute atomic E-state index is 0.0397. The van der Waals surface area contributed by atoms with Crippen LogP contribution in [0.25, 0.3) is 0 Å². The molecule has 1 aromatic rings. The summed E-state index contributed by atoms with van der Waals surface area (Å²) in [6.45, 7) is 0.251. The fourth-order valence-electron chi connectivity index (χ4n) is 2.96. The summed E-state index contributed by atoms with van der Waals surface area (Å²) in [5.74, 6) is -0.480. The number of hydrogen-bond acceptors (Lipinski definition) is 5. The minimum Gasteiger partial charge on any atom is -0.481 e. The second kappa shape index (κ2) is 7.60. The zero-order valence-electron chi connectivity index (χ0n) is 13.3. The number of carboxylic acid groups (broad SMARTS) is 1. The van der Waals surface area contributed by atoms with Crippen molar-refractivity contribution in [3.05, 3.63) is 22.4 Å². The molecule has 1 aliphatic carbocycles. The molecule has 0 aliphatic heterocycles. The average molecular weight is 312 g/mol. The van der Waals surface area contributed by atoms with E-state index < -0.39 is 5.97 Å². The summed E-state index contributed by atoms with van der Waals surface area (Å²) >= 11 is 0. The van der Waals surface area contributed by atoms with E-state index in [0.717, 1.165) is 49.8 Å². The molecule has 1 heterocycles. The number of rotatable bonds is 4. The molecule has 0 unspecified atom stereocenters. The lowest BCUT2D eigenvalue weighted by atomic mass is 9.91. The second-order valence-electron chi connectivity index (χ2n) is 5.81. The highest BCUT2D eigenvalue weighted by molar-refractivity contribution is 5.69. The number of nitrogens with zero attached hydrogens (tertiary/aromatic N) is 4. The highest BCUT2D eigenvalue weighted by atomic mass is 16.4. The van der Waals surface area contributed by atoms with E-state index in [4.69, 9.17) is 5.11 Å². The van der Waals surface area contributed by atoms with Crippen molar-refractivity contribution in [2.45, 2.75) is 44.9 Å². The highest BCUT2D eigenvalue weighted by Gasteiger charge is 2.22. The Kier molecular flexibility index (Phi) is 5.54. The zero-order valence-corrected chi connectivity index (χ0v) is 13.3. The van der Waals surface area contributed by atoms with Crippen LogP contribution in [0.5, 0.6) is 0 Å². The van der Waals surface area contributed by atoms with Gasteiger partial charge in [0.25, 0.3) is 0 Å². The van der Waals surface area contributed by atoms with Crippen molar-refractivity contribution >= 4 is 11.8 Å². The van der Waals surface area contributed by atoms with E-state index in [0.29, 0.717) is 11.4 Å². The molecule has 0 bridgehead atoms. The maximum absolute atomic E-state index is 10.8. The van der Waals surface area contributed by atoms with Crippen LogP contribution in [0.1, 0.15) is 54.5 Å². The van der Waals surface area contributed by atoms with Gasteiger partial charge in [-0.15, -0.1) is 0 Å². The van der Waals surface area contributed by atoms with Gasteiger partial charge in [0.1, 0.15) is 23.5 Å². The molecule has 120 valence electrons. The van der Waals surface area contributed by atoms with Gasteiger partial charge in [0.2, 0.25) is 0 Å². The van der Waals surface area contributed by atoms with Gasteiger partial charge in [-0.1, -0.05) is 12.8 Å². The number of anilines is 1. The van der Waals surface area contributed by atoms with Gasteiger partial charge in [-0.2, -0.15) is 10.5 Å². The van der Waals surface area contributed by atoms with Crippen LogP contribution < -0.4 is 4.90 Å². The van der Waals surface area contributed by atoms with E-state index in [9.17, 15) is 15.3 Å². The molecule has 1 aromatic heterocycles. The predicted molar refractivity (Wildman–Crippen MR) is 85.1 cm³/mol. The summed E-state index contributed by atoms with van der Waals surface area (Å²) in [6.07, 6.45) is 5.84. The van der Waals surface area contributed by atoms with Gasteiger partial charge in [-0.25, -0.2) is 4.98 Å². The Labute approximate surface area is 136 Å². The van der Waals surface area contributed by atoms with Crippen molar-refractivity contribution in [2.24, 2.45) is 0 Å². The van der Waals surface area contributed by atoms with Crippen LogP contribution in [0.4, 0.5) is 5.82 Å². The summed E-state index contributed by atoms with van der Waals surface area (Å²) in [4.78, 5) is 17.1. The molecular weight excluding hydrogens is 292 g/mol. The van der Waals surface area contributed by atoms with Crippen LogP contribution >= 0.6 is 0 Å². The number of hydrogen-bond donors (Lipinski definition) is 1. The third kappa shape index (κ3) is 3.78. The lowest BCUT2D eigenvalue weighted by Crippen LogP contribution is -2.24. The van der Waals surface area contributed by atoms with Gasteiger partial charge in [-0.3, -0.25) is 4.79 Å². The molecular formula is C17H20N4O2. The van der Waals surface area contributed by atoms with Crippen molar-refractivity contribution < 1.29 is 9.90 Å². The Bertz CT molecular complexity index is 685. The first kappa shape index (κ1) is 16.8. The van der Waals surface area contributed by atoms with E-state index in [1.807, 2.05) is 0 Å². The lowest BCUT2D eigenvalue weighted by Gasteiger charge is -2.23.